The van der Waals surface area contributed by atoms with E-state index in [9.17, 15) is 9.90 Å². The summed E-state index contributed by atoms with van der Waals surface area (Å²) in [4.78, 5) is 18.6. The van der Waals surface area contributed by atoms with Crippen molar-refractivity contribution in [3.63, 3.8) is 0 Å². The predicted molar refractivity (Wildman–Crippen MR) is 113 cm³/mol. The van der Waals surface area contributed by atoms with Crippen LogP contribution in [0.3, 0.4) is 0 Å². The molecule has 0 unspecified atom stereocenters. The van der Waals surface area contributed by atoms with Crippen molar-refractivity contribution in [1.82, 2.24) is 15.2 Å². The van der Waals surface area contributed by atoms with E-state index < -0.39 is 0 Å². The van der Waals surface area contributed by atoms with E-state index >= 15 is 0 Å². The minimum atomic E-state index is -0.174. The Morgan fingerprint density at radius 3 is 2.44 bits per heavy atom. The molecule has 3 rings (SSSR count). The monoisotopic (exact) mass is 432 g/mol. The number of hydrogen-bond acceptors (Lipinski definition) is 6. The highest BCUT2D eigenvalue weighted by Gasteiger charge is 2.16. The van der Waals surface area contributed by atoms with E-state index in [0.717, 1.165) is 43.0 Å². The van der Waals surface area contributed by atoms with Gasteiger partial charge in [-0.25, -0.2) is 4.98 Å². The van der Waals surface area contributed by atoms with Crippen LogP contribution in [-0.4, -0.2) is 40.1 Å². The Hall–Kier alpha value is -1.22. The standard InChI is InChI=1S/C18H24N4O2S.2ClH/c19-9-17-21-16(12-25-17)18(24)20-10-13-1-3-14(4-2-13)11-22-7-5-15(23)6-8-22;;/h1-4,12,15,23H,5-11,19H2,(H,20,24);2*1H. The van der Waals surface area contributed by atoms with E-state index in [2.05, 4.69) is 27.3 Å². The molecule has 27 heavy (non-hydrogen) atoms. The van der Waals surface area contributed by atoms with Crippen LogP contribution in [0.15, 0.2) is 29.6 Å². The minimum Gasteiger partial charge on any atom is -0.393 e. The van der Waals surface area contributed by atoms with Crippen molar-refractivity contribution in [2.45, 2.75) is 38.6 Å². The van der Waals surface area contributed by atoms with Gasteiger partial charge in [-0.2, -0.15) is 0 Å². The van der Waals surface area contributed by atoms with Crippen molar-refractivity contribution in [3.05, 3.63) is 51.5 Å². The molecule has 9 heteroatoms. The van der Waals surface area contributed by atoms with E-state index in [0.29, 0.717) is 18.8 Å². The molecular weight excluding hydrogens is 407 g/mol. The number of benzene rings is 1. The van der Waals surface area contributed by atoms with Crippen molar-refractivity contribution in [2.75, 3.05) is 13.1 Å². The fraction of sp³-hybridized carbons (Fsp3) is 0.444. The molecule has 2 aromatic rings. The van der Waals surface area contributed by atoms with Crippen molar-refractivity contribution in [1.29, 1.82) is 0 Å². The Morgan fingerprint density at radius 2 is 1.85 bits per heavy atom. The molecule has 4 N–H and O–H groups in total. The van der Waals surface area contributed by atoms with Gasteiger partial charge in [-0.05, 0) is 24.0 Å². The summed E-state index contributed by atoms with van der Waals surface area (Å²) in [6, 6.07) is 8.28. The third-order valence-electron chi connectivity index (χ3n) is 4.40. The number of nitrogens with zero attached hydrogens (tertiary/aromatic N) is 2. The number of hydrogen-bond donors (Lipinski definition) is 3. The van der Waals surface area contributed by atoms with Crippen LogP contribution in [0.1, 0.15) is 39.5 Å². The average Bonchev–Trinajstić information content (AvgIpc) is 3.12. The SMILES string of the molecule is Cl.Cl.NCc1nc(C(=O)NCc2ccc(CN3CCC(O)CC3)cc2)cs1. The second-order valence-electron chi connectivity index (χ2n) is 6.34. The van der Waals surface area contributed by atoms with Gasteiger partial charge in [0.15, 0.2) is 0 Å². The topological polar surface area (TPSA) is 91.5 Å². The van der Waals surface area contributed by atoms with Gasteiger partial charge in [-0.1, -0.05) is 24.3 Å². The van der Waals surface area contributed by atoms with E-state index in [1.54, 1.807) is 5.38 Å². The molecule has 0 atom stereocenters. The summed E-state index contributed by atoms with van der Waals surface area (Å²) in [6.45, 7) is 3.62. The number of aliphatic hydroxyl groups is 1. The molecule has 0 bridgehead atoms. The summed E-state index contributed by atoms with van der Waals surface area (Å²) in [5, 5.41) is 14.9. The Bertz CT molecular complexity index is 704. The highest BCUT2D eigenvalue weighted by molar-refractivity contribution is 7.09. The highest BCUT2D eigenvalue weighted by Crippen LogP contribution is 2.14. The lowest BCUT2D eigenvalue weighted by Gasteiger charge is -2.29. The van der Waals surface area contributed by atoms with Crippen LogP contribution >= 0.6 is 36.2 Å². The van der Waals surface area contributed by atoms with Crippen LogP contribution in [0.25, 0.3) is 0 Å². The third kappa shape index (κ3) is 7.03. The maximum atomic E-state index is 12.1. The fourth-order valence-corrected chi connectivity index (χ4v) is 3.53. The first-order chi connectivity index (χ1) is 12.1. The van der Waals surface area contributed by atoms with Gasteiger partial charge in [0.1, 0.15) is 10.7 Å². The molecule has 0 radical (unpaired) electrons. The second kappa shape index (κ2) is 11.6. The quantitative estimate of drug-likeness (QED) is 0.651. The van der Waals surface area contributed by atoms with E-state index in [4.69, 9.17) is 5.73 Å². The first-order valence-corrected chi connectivity index (χ1v) is 9.43. The van der Waals surface area contributed by atoms with Gasteiger partial charge in [0.2, 0.25) is 0 Å². The molecule has 2 heterocycles. The summed E-state index contributed by atoms with van der Waals surface area (Å²) >= 11 is 1.40. The maximum Gasteiger partial charge on any atom is 0.271 e. The van der Waals surface area contributed by atoms with Crippen molar-refractivity contribution < 1.29 is 9.90 Å². The number of aliphatic hydroxyl groups excluding tert-OH is 1. The van der Waals surface area contributed by atoms with E-state index in [1.165, 1.54) is 16.9 Å². The second-order valence-corrected chi connectivity index (χ2v) is 7.28. The van der Waals surface area contributed by atoms with Crippen molar-refractivity contribution in [2.24, 2.45) is 5.73 Å². The maximum absolute atomic E-state index is 12.1. The first kappa shape index (κ1) is 23.8. The molecule has 1 aromatic heterocycles. The van der Waals surface area contributed by atoms with Gasteiger partial charge >= 0.3 is 0 Å². The summed E-state index contributed by atoms with van der Waals surface area (Å²) in [7, 11) is 0. The Kier molecular flexibility index (Phi) is 10.2. The summed E-state index contributed by atoms with van der Waals surface area (Å²) in [6.07, 6.45) is 1.57. The molecule has 150 valence electrons. The number of rotatable bonds is 6. The van der Waals surface area contributed by atoms with Crippen LogP contribution in [0, 0.1) is 0 Å². The normalized spacial score (nSPS) is 14.9. The fourth-order valence-electron chi connectivity index (χ4n) is 2.88. The molecule has 1 fully saturated rings. The zero-order chi connectivity index (χ0) is 17.6. The number of nitrogens with two attached hydrogens (primary N) is 1. The van der Waals surface area contributed by atoms with Crippen molar-refractivity contribution >= 4 is 42.1 Å². The lowest BCUT2D eigenvalue weighted by atomic mass is 10.1. The van der Waals surface area contributed by atoms with Gasteiger partial charge in [-0.3, -0.25) is 9.69 Å². The van der Waals surface area contributed by atoms with Gasteiger partial charge in [-0.15, -0.1) is 36.2 Å². The number of aromatic nitrogens is 1. The first-order valence-electron chi connectivity index (χ1n) is 8.55. The molecule has 1 aromatic carbocycles. The van der Waals surface area contributed by atoms with Crippen LogP contribution < -0.4 is 11.1 Å². The zero-order valence-electron chi connectivity index (χ0n) is 15.0. The molecule has 6 nitrogen and oxygen atoms in total. The molecule has 1 aliphatic heterocycles. The van der Waals surface area contributed by atoms with Gasteiger partial charge in [0, 0.05) is 38.1 Å². The Labute approximate surface area is 176 Å². The van der Waals surface area contributed by atoms with E-state index in [1.807, 2.05) is 12.1 Å². The van der Waals surface area contributed by atoms with Crippen LogP contribution in [0.2, 0.25) is 0 Å². The predicted octanol–water partition coefficient (Wildman–Crippen LogP) is 2.33. The van der Waals surface area contributed by atoms with Gasteiger partial charge in [0.25, 0.3) is 5.91 Å². The van der Waals surface area contributed by atoms with Crippen LogP contribution in [0.4, 0.5) is 0 Å². The summed E-state index contributed by atoms with van der Waals surface area (Å²) in [5.41, 5.74) is 8.25. The number of carbonyl (C=O) groups is 1. The Balaban J connectivity index is 0.00000182. The number of nitrogens with one attached hydrogen (secondary N) is 1. The number of carbonyl (C=O) groups excluding carboxylic acids is 1. The largest absolute Gasteiger partial charge is 0.393 e. The number of halogens is 2. The summed E-state index contributed by atoms with van der Waals surface area (Å²) < 4.78 is 0. The van der Waals surface area contributed by atoms with Crippen LogP contribution in [-0.2, 0) is 19.6 Å². The highest BCUT2D eigenvalue weighted by atomic mass is 35.5. The molecule has 1 aliphatic rings. The number of thiazole rings is 1. The number of amides is 1. The van der Waals surface area contributed by atoms with Gasteiger partial charge in [0.05, 0.1) is 6.10 Å². The third-order valence-corrected chi connectivity index (χ3v) is 5.27. The lowest BCUT2D eigenvalue weighted by molar-refractivity contribution is 0.0792. The molecule has 0 aliphatic carbocycles. The van der Waals surface area contributed by atoms with E-state index in [-0.39, 0.29) is 36.8 Å². The molecule has 1 saturated heterocycles. The minimum absolute atomic E-state index is 0. The lowest BCUT2D eigenvalue weighted by Crippen LogP contribution is -2.35. The molecule has 0 spiro atoms. The molecule has 0 saturated carbocycles. The summed E-state index contributed by atoms with van der Waals surface area (Å²) in [5.74, 6) is -0.174. The van der Waals surface area contributed by atoms with Crippen LogP contribution in [0.5, 0.6) is 0 Å². The molecule has 1 amide bonds. The smallest absolute Gasteiger partial charge is 0.271 e. The number of likely N-dealkylation sites (tertiary alicyclic amines) is 1. The molecular formula is C18H26Cl2N4O2S. The number of piperidine rings is 1. The average molecular weight is 433 g/mol. The Morgan fingerprint density at radius 1 is 1.22 bits per heavy atom. The zero-order valence-corrected chi connectivity index (χ0v) is 17.4. The van der Waals surface area contributed by atoms with Crippen molar-refractivity contribution in [3.8, 4) is 0 Å². The van der Waals surface area contributed by atoms with Gasteiger partial charge < -0.3 is 16.2 Å².